The minimum Gasteiger partial charge on any atom is -0.300 e. The Balaban J connectivity index is 1.45. The van der Waals surface area contributed by atoms with Crippen molar-refractivity contribution in [1.29, 1.82) is 0 Å². The molecule has 3 rings (SSSR count). The van der Waals surface area contributed by atoms with E-state index in [4.69, 9.17) is 0 Å². The third kappa shape index (κ3) is 4.86. The molecular weight excluding hydrogens is 306 g/mol. The molecule has 0 spiro atoms. The van der Waals surface area contributed by atoms with E-state index in [1.807, 2.05) is 6.07 Å². The molecule has 1 N–H and O–H groups in total. The van der Waals surface area contributed by atoms with E-state index >= 15 is 0 Å². The van der Waals surface area contributed by atoms with Gasteiger partial charge in [-0.2, -0.15) is 0 Å². The van der Waals surface area contributed by atoms with Gasteiger partial charge < -0.3 is 5.32 Å². The van der Waals surface area contributed by atoms with Crippen molar-refractivity contribution in [2.24, 2.45) is 5.92 Å². The van der Waals surface area contributed by atoms with Gasteiger partial charge in [0.1, 0.15) is 5.01 Å². The molecule has 1 aliphatic rings. The lowest BCUT2D eigenvalue weighted by molar-refractivity contribution is -0.120. The normalized spacial score (nSPS) is 15.5. The van der Waals surface area contributed by atoms with Crippen molar-refractivity contribution in [3.8, 4) is 0 Å². The number of aryl methyl sites for hydroxylation is 2. The molecule has 0 unspecified atom stereocenters. The van der Waals surface area contributed by atoms with Gasteiger partial charge in [0.25, 0.3) is 0 Å². The highest BCUT2D eigenvalue weighted by molar-refractivity contribution is 7.15. The van der Waals surface area contributed by atoms with Crippen LogP contribution in [0.25, 0.3) is 0 Å². The molecule has 2 aromatic rings. The first-order valence-electron chi connectivity index (χ1n) is 8.48. The van der Waals surface area contributed by atoms with Crippen LogP contribution in [0.5, 0.6) is 0 Å². The van der Waals surface area contributed by atoms with Gasteiger partial charge >= 0.3 is 0 Å². The Morgan fingerprint density at radius 3 is 2.65 bits per heavy atom. The van der Waals surface area contributed by atoms with Gasteiger partial charge in [0.2, 0.25) is 11.0 Å². The van der Waals surface area contributed by atoms with Gasteiger partial charge in [-0.25, -0.2) is 0 Å². The molecule has 1 aliphatic carbocycles. The number of aromatic nitrogens is 2. The van der Waals surface area contributed by atoms with E-state index in [0.29, 0.717) is 5.13 Å². The van der Waals surface area contributed by atoms with Crippen LogP contribution >= 0.6 is 11.3 Å². The number of nitrogens with one attached hydrogen (secondary N) is 1. The Kier molecular flexibility index (Phi) is 5.75. The lowest BCUT2D eigenvalue weighted by Crippen LogP contribution is -2.24. The summed E-state index contributed by atoms with van der Waals surface area (Å²) in [7, 11) is 0. The zero-order chi connectivity index (χ0) is 15.9. The average Bonchev–Trinajstić information content (AvgIpc) is 3.04. The fourth-order valence-electron chi connectivity index (χ4n) is 3.07. The number of carbonyl (C=O) groups is 1. The Morgan fingerprint density at radius 2 is 1.87 bits per heavy atom. The lowest BCUT2D eigenvalue weighted by Gasteiger charge is -2.19. The summed E-state index contributed by atoms with van der Waals surface area (Å²) >= 11 is 1.51. The third-order valence-corrected chi connectivity index (χ3v) is 5.27. The van der Waals surface area contributed by atoms with Crippen LogP contribution in [0.1, 0.15) is 49.1 Å². The molecule has 0 radical (unpaired) electrons. The van der Waals surface area contributed by atoms with E-state index in [9.17, 15) is 4.79 Å². The molecule has 0 atom stereocenters. The lowest BCUT2D eigenvalue weighted by atomic mass is 9.89. The highest BCUT2D eigenvalue weighted by Gasteiger charge is 2.22. The Morgan fingerprint density at radius 1 is 1.09 bits per heavy atom. The highest BCUT2D eigenvalue weighted by Crippen LogP contribution is 2.26. The van der Waals surface area contributed by atoms with Gasteiger partial charge in [0.15, 0.2) is 0 Å². The molecule has 1 fully saturated rings. The molecule has 1 amide bonds. The second-order valence-corrected chi connectivity index (χ2v) is 7.23. The smallest absolute Gasteiger partial charge is 0.229 e. The van der Waals surface area contributed by atoms with Crippen LogP contribution in [-0.4, -0.2) is 16.1 Å². The largest absolute Gasteiger partial charge is 0.300 e. The van der Waals surface area contributed by atoms with E-state index in [0.717, 1.165) is 37.1 Å². The van der Waals surface area contributed by atoms with Crippen LogP contribution < -0.4 is 5.32 Å². The first-order valence-corrected chi connectivity index (χ1v) is 9.30. The topological polar surface area (TPSA) is 54.9 Å². The second-order valence-electron chi connectivity index (χ2n) is 6.16. The van der Waals surface area contributed by atoms with E-state index < -0.39 is 0 Å². The number of hydrogen-bond acceptors (Lipinski definition) is 4. The fourth-order valence-corrected chi connectivity index (χ4v) is 3.85. The number of benzene rings is 1. The fraction of sp³-hybridized carbons (Fsp3) is 0.500. The van der Waals surface area contributed by atoms with Crippen LogP contribution in [0.4, 0.5) is 5.13 Å². The molecule has 0 saturated heterocycles. The Hall–Kier alpha value is -1.75. The number of nitrogens with zero attached hydrogens (tertiary/aromatic N) is 2. The standard InChI is InChI=1S/C18H23N3OS/c22-17(15-11-5-2-6-12-15)19-18-21-20-16(23-18)13-7-10-14-8-3-1-4-9-14/h1,3-4,8-9,15H,2,5-7,10-13H2,(H,19,21,22). The van der Waals surface area contributed by atoms with E-state index in [2.05, 4.69) is 39.8 Å². The molecular formula is C18H23N3OS. The van der Waals surface area contributed by atoms with Crippen molar-refractivity contribution in [1.82, 2.24) is 10.2 Å². The van der Waals surface area contributed by atoms with Crippen molar-refractivity contribution in [2.75, 3.05) is 5.32 Å². The van der Waals surface area contributed by atoms with Crippen LogP contribution in [0.15, 0.2) is 30.3 Å². The number of hydrogen-bond donors (Lipinski definition) is 1. The SMILES string of the molecule is O=C(Nc1nnc(CCCc2ccccc2)s1)C1CCCCC1. The minimum absolute atomic E-state index is 0.122. The molecule has 1 saturated carbocycles. The molecule has 0 aliphatic heterocycles. The molecule has 4 nitrogen and oxygen atoms in total. The average molecular weight is 329 g/mol. The van der Waals surface area contributed by atoms with Crippen LogP contribution in [0, 0.1) is 5.92 Å². The molecule has 1 aromatic carbocycles. The van der Waals surface area contributed by atoms with Gasteiger partial charge in [-0.15, -0.1) is 10.2 Å². The summed E-state index contributed by atoms with van der Waals surface area (Å²) < 4.78 is 0. The summed E-state index contributed by atoms with van der Waals surface area (Å²) in [6.45, 7) is 0. The summed E-state index contributed by atoms with van der Waals surface area (Å²) in [6, 6.07) is 10.5. The Bertz CT molecular complexity index is 620. The maximum absolute atomic E-state index is 12.2. The maximum Gasteiger partial charge on any atom is 0.229 e. The first kappa shape index (κ1) is 16.1. The molecule has 1 aromatic heterocycles. The zero-order valence-electron chi connectivity index (χ0n) is 13.3. The van der Waals surface area contributed by atoms with Crippen molar-refractivity contribution in [3.63, 3.8) is 0 Å². The van der Waals surface area contributed by atoms with Gasteiger partial charge in [0.05, 0.1) is 0 Å². The first-order chi connectivity index (χ1) is 11.3. The highest BCUT2D eigenvalue weighted by atomic mass is 32.1. The number of amides is 1. The minimum atomic E-state index is 0.122. The zero-order valence-corrected chi connectivity index (χ0v) is 14.1. The predicted octanol–water partition coefficient (Wildman–Crippen LogP) is 4.23. The maximum atomic E-state index is 12.2. The van der Waals surface area contributed by atoms with Gasteiger partial charge in [-0.1, -0.05) is 60.9 Å². The van der Waals surface area contributed by atoms with Crippen molar-refractivity contribution < 1.29 is 4.79 Å². The molecule has 1 heterocycles. The second kappa shape index (κ2) is 8.20. The number of carbonyl (C=O) groups excluding carboxylic acids is 1. The van der Waals surface area contributed by atoms with Crippen molar-refractivity contribution in [3.05, 3.63) is 40.9 Å². The van der Waals surface area contributed by atoms with Crippen molar-refractivity contribution >= 4 is 22.4 Å². The van der Waals surface area contributed by atoms with Crippen LogP contribution in [-0.2, 0) is 17.6 Å². The summed E-state index contributed by atoms with van der Waals surface area (Å²) in [5.41, 5.74) is 1.35. The van der Waals surface area contributed by atoms with E-state index in [1.54, 1.807) is 0 Å². The number of anilines is 1. The molecule has 5 heteroatoms. The summed E-state index contributed by atoms with van der Waals surface area (Å²) in [4.78, 5) is 12.2. The van der Waals surface area contributed by atoms with E-state index in [1.165, 1.54) is 36.2 Å². The molecule has 122 valence electrons. The van der Waals surface area contributed by atoms with Crippen LogP contribution in [0.3, 0.4) is 0 Å². The summed E-state index contributed by atoms with van der Waals surface area (Å²) in [5, 5.41) is 12.9. The monoisotopic (exact) mass is 329 g/mol. The predicted molar refractivity (Wildman–Crippen MR) is 93.6 cm³/mol. The molecule has 0 bridgehead atoms. The van der Waals surface area contributed by atoms with Gasteiger partial charge in [-0.3, -0.25) is 4.79 Å². The summed E-state index contributed by atoms with van der Waals surface area (Å²) in [6.07, 6.45) is 8.61. The van der Waals surface area contributed by atoms with E-state index in [-0.39, 0.29) is 11.8 Å². The Labute approximate surface area is 141 Å². The van der Waals surface area contributed by atoms with Crippen LogP contribution in [0.2, 0.25) is 0 Å². The van der Waals surface area contributed by atoms with Crippen molar-refractivity contribution in [2.45, 2.75) is 51.4 Å². The summed E-state index contributed by atoms with van der Waals surface area (Å²) in [5.74, 6) is 0.283. The quantitative estimate of drug-likeness (QED) is 0.863. The van der Waals surface area contributed by atoms with Gasteiger partial charge in [-0.05, 0) is 31.2 Å². The van der Waals surface area contributed by atoms with Gasteiger partial charge in [0, 0.05) is 12.3 Å². The third-order valence-electron chi connectivity index (χ3n) is 4.37. The molecule has 23 heavy (non-hydrogen) atoms. The number of rotatable bonds is 6.